The molecule has 186 valence electrons. The Morgan fingerprint density at radius 3 is 2.54 bits per heavy atom. The van der Waals surface area contributed by atoms with Crippen LogP contribution in [0.1, 0.15) is 29.8 Å². The van der Waals surface area contributed by atoms with Crippen LogP contribution in [0.15, 0.2) is 77.6 Å². The summed E-state index contributed by atoms with van der Waals surface area (Å²) in [7, 11) is 0. The number of carbonyl (C=O) groups is 1. The molecule has 4 aromatic rings. The van der Waals surface area contributed by atoms with Gasteiger partial charge in [0.05, 0.1) is 23.6 Å². The van der Waals surface area contributed by atoms with Crippen LogP contribution in [0.2, 0.25) is 0 Å². The lowest BCUT2D eigenvalue weighted by Crippen LogP contribution is -2.40. The maximum Gasteiger partial charge on any atom is 0.258 e. The van der Waals surface area contributed by atoms with E-state index in [-0.39, 0.29) is 23.9 Å². The molecule has 0 saturated carbocycles. The quantitative estimate of drug-likeness (QED) is 0.404. The van der Waals surface area contributed by atoms with Gasteiger partial charge in [-0.05, 0) is 54.8 Å². The Morgan fingerprint density at radius 1 is 1.05 bits per heavy atom. The highest BCUT2D eigenvalue weighted by molar-refractivity contribution is 5.83. The van der Waals surface area contributed by atoms with Crippen molar-refractivity contribution in [3.05, 3.63) is 100 Å². The molecule has 0 radical (unpaired) electrons. The number of H-pyrrole nitrogens is 1. The van der Waals surface area contributed by atoms with Crippen molar-refractivity contribution in [1.29, 1.82) is 5.26 Å². The molecule has 0 unspecified atom stereocenters. The third-order valence-electron chi connectivity index (χ3n) is 6.64. The predicted molar refractivity (Wildman–Crippen MR) is 141 cm³/mol. The molecule has 1 aromatic heterocycles. The molecule has 37 heavy (non-hydrogen) atoms. The van der Waals surface area contributed by atoms with Gasteiger partial charge in [-0.3, -0.25) is 9.59 Å². The number of aromatic nitrogens is 2. The standard InChI is InChI=1S/C29H27N5O3/c30-17-20-9-11-23(12-10-20)34-15-13-22(14-16-34)28(35)31-18-26-32-27-24(29(36)33-26)7-4-8-25(27)37-19-21-5-2-1-3-6-21/h1-12,22H,13-16,18-19H2,(H,31,35)(H,32,33,36). The van der Waals surface area contributed by atoms with Crippen LogP contribution in [0.4, 0.5) is 5.69 Å². The van der Waals surface area contributed by atoms with E-state index in [1.54, 1.807) is 18.2 Å². The number of ether oxygens (including phenoxy) is 1. The van der Waals surface area contributed by atoms with Crippen LogP contribution in [0.25, 0.3) is 10.9 Å². The third kappa shape index (κ3) is 5.62. The number of benzene rings is 3. The average molecular weight is 494 g/mol. The first-order valence-corrected chi connectivity index (χ1v) is 12.3. The van der Waals surface area contributed by atoms with E-state index in [4.69, 9.17) is 10.00 Å². The van der Waals surface area contributed by atoms with Crippen molar-refractivity contribution >= 4 is 22.5 Å². The van der Waals surface area contributed by atoms with Crippen molar-refractivity contribution in [2.75, 3.05) is 18.0 Å². The molecule has 1 aliphatic rings. The topological polar surface area (TPSA) is 111 Å². The number of piperidine rings is 1. The normalized spacial score (nSPS) is 13.8. The molecule has 1 aliphatic heterocycles. The number of hydrogen-bond donors (Lipinski definition) is 2. The average Bonchev–Trinajstić information content (AvgIpc) is 2.95. The first-order valence-electron chi connectivity index (χ1n) is 12.3. The molecule has 8 nitrogen and oxygen atoms in total. The monoisotopic (exact) mass is 493 g/mol. The molecular weight excluding hydrogens is 466 g/mol. The number of rotatable bonds is 7. The Labute approximate surface area is 214 Å². The molecule has 0 aliphatic carbocycles. The Balaban J connectivity index is 1.21. The fourth-order valence-electron chi connectivity index (χ4n) is 4.58. The first kappa shape index (κ1) is 24.1. The number of hydrogen-bond acceptors (Lipinski definition) is 6. The molecule has 1 amide bonds. The number of amides is 1. The van der Waals surface area contributed by atoms with Crippen molar-refractivity contribution in [2.45, 2.75) is 26.0 Å². The van der Waals surface area contributed by atoms with Gasteiger partial charge in [0.15, 0.2) is 0 Å². The number of nitrogens with zero attached hydrogens (tertiary/aromatic N) is 3. The van der Waals surface area contributed by atoms with Gasteiger partial charge in [-0.15, -0.1) is 0 Å². The molecule has 0 spiro atoms. The molecular formula is C29H27N5O3. The van der Waals surface area contributed by atoms with Crippen LogP contribution in [0.5, 0.6) is 5.75 Å². The first-order chi connectivity index (χ1) is 18.1. The predicted octanol–water partition coefficient (Wildman–Crippen LogP) is 3.91. The SMILES string of the molecule is N#Cc1ccc(N2CCC(C(=O)NCc3nc4c(OCc5ccccc5)cccc4c(=O)[nH]3)CC2)cc1. The van der Waals surface area contributed by atoms with E-state index in [2.05, 4.69) is 26.3 Å². The summed E-state index contributed by atoms with van der Waals surface area (Å²) >= 11 is 0. The highest BCUT2D eigenvalue weighted by atomic mass is 16.5. The molecule has 1 fully saturated rings. The zero-order valence-electron chi connectivity index (χ0n) is 20.3. The van der Waals surface area contributed by atoms with Gasteiger partial charge in [-0.2, -0.15) is 5.26 Å². The van der Waals surface area contributed by atoms with Gasteiger partial charge < -0.3 is 19.9 Å². The van der Waals surface area contributed by atoms with Crippen LogP contribution in [0, 0.1) is 17.2 Å². The Hall–Kier alpha value is -4.64. The van der Waals surface area contributed by atoms with Crippen molar-refractivity contribution in [3.63, 3.8) is 0 Å². The van der Waals surface area contributed by atoms with Gasteiger partial charge >= 0.3 is 0 Å². The summed E-state index contributed by atoms with van der Waals surface area (Å²) in [5.74, 6) is 0.759. The summed E-state index contributed by atoms with van der Waals surface area (Å²) in [5.41, 5.74) is 2.91. The maximum atomic E-state index is 12.9. The van der Waals surface area contributed by atoms with Gasteiger partial charge in [0.25, 0.3) is 5.56 Å². The summed E-state index contributed by atoms with van der Waals surface area (Å²) in [6, 6.07) is 24.7. The van der Waals surface area contributed by atoms with Crippen LogP contribution in [-0.2, 0) is 17.9 Å². The van der Waals surface area contributed by atoms with Crippen molar-refractivity contribution in [1.82, 2.24) is 15.3 Å². The molecule has 3 aromatic carbocycles. The second-order valence-electron chi connectivity index (χ2n) is 9.08. The van der Waals surface area contributed by atoms with Crippen molar-refractivity contribution in [3.8, 4) is 11.8 Å². The van der Waals surface area contributed by atoms with Gasteiger partial charge in [-0.1, -0.05) is 36.4 Å². The van der Waals surface area contributed by atoms with E-state index in [0.29, 0.717) is 34.6 Å². The minimum absolute atomic E-state index is 0.0455. The molecule has 2 heterocycles. The summed E-state index contributed by atoms with van der Waals surface area (Å²) in [4.78, 5) is 35.2. The number of aromatic amines is 1. The van der Waals surface area contributed by atoms with E-state index in [1.165, 1.54) is 0 Å². The smallest absolute Gasteiger partial charge is 0.258 e. The van der Waals surface area contributed by atoms with Crippen LogP contribution in [-0.4, -0.2) is 29.0 Å². The largest absolute Gasteiger partial charge is 0.487 e. The Morgan fingerprint density at radius 2 is 1.81 bits per heavy atom. The number of para-hydroxylation sites is 1. The summed E-state index contributed by atoms with van der Waals surface area (Å²) < 4.78 is 5.97. The van der Waals surface area contributed by atoms with E-state index in [9.17, 15) is 9.59 Å². The van der Waals surface area contributed by atoms with Crippen LogP contribution >= 0.6 is 0 Å². The zero-order chi connectivity index (χ0) is 25.6. The molecule has 0 bridgehead atoms. The highest BCUT2D eigenvalue weighted by Crippen LogP contribution is 2.25. The maximum absolute atomic E-state index is 12.9. The van der Waals surface area contributed by atoms with Crippen LogP contribution in [0.3, 0.4) is 0 Å². The molecule has 2 N–H and O–H groups in total. The van der Waals surface area contributed by atoms with E-state index in [0.717, 1.165) is 37.2 Å². The second kappa shape index (κ2) is 11.0. The van der Waals surface area contributed by atoms with Gasteiger partial charge in [0.2, 0.25) is 5.91 Å². The number of anilines is 1. The lowest BCUT2D eigenvalue weighted by Gasteiger charge is -2.33. The second-order valence-corrected chi connectivity index (χ2v) is 9.08. The number of carbonyl (C=O) groups excluding carboxylic acids is 1. The van der Waals surface area contributed by atoms with E-state index >= 15 is 0 Å². The Bertz CT molecular complexity index is 1480. The zero-order valence-corrected chi connectivity index (χ0v) is 20.3. The lowest BCUT2D eigenvalue weighted by atomic mass is 9.95. The van der Waals surface area contributed by atoms with Gasteiger partial charge in [0.1, 0.15) is 23.7 Å². The number of fused-ring (bicyclic) bond motifs is 1. The number of nitriles is 1. The van der Waals surface area contributed by atoms with Crippen molar-refractivity contribution in [2.24, 2.45) is 5.92 Å². The fourth-order valence-corrected chi connectivity index (χ4v) is 4.58. The lowest BCUT2D eigenvalue weighted by molar-refractivity contribution is -0.125. The summed E-state index contributed by atoms with van der Waals surface area (Å²) in [5, 5.41) is 12.4. The Kier molecular flexibility index (Phi) is 7.13. The molecule has 0 atom stereocenters. The minimum atomic E-state index is -0.268. The minimum Gasteiger partial charge on any atom is -0.487 e. The third-order valence-corrected chi connectivity index (χ3v) is 6.64. The van der Waals surface area contributed by atoms with E-state index in [1.807, 2.05) is 54.6 Å². The number of nitrogens with one attached hydrogen (secondary N) is 2. The van der Waals surface area contributed by atoms with Gasteiger partial charge in [-0.25, -0.2) is 4.98 Å². The van der Waals surface area contributed by atoms with E-state index < -0.39 is 0 Å². The molecule has 1 saturated heterocycles. The molecule has 8 heteroatoms. The van der Waals surface area contributed by atoms with Gasteiger partial charge in [0, 0.05) is 24.7 Å². The summed E-state index contributed by atoms with van der Waals surface area (Å²) in [6.45, 7) is 2.02. The fraction of sp³-hybridized carbons (Fsp3) is 0.241. The molecule has 5 rings (SSSR count). The van der Waals surface area contributed by atoms with Crippen LogP contribution < -0.4 is 20.5 Å². The highest BCUT2D eigenvalue weighted by Gasteiger charge is 2.25. The summed E-state index contributed by atoms with van der Waals surface area (Å²) in [6.07, 6.45) is 1.45. The van der Waals surface area contributed by atoms with Crippen molar-refractivity contribution < 1.29 is 9.53 Å².